The van der Waals surface area contributed by atoms with Gasteiger partial charge in [0, 0.05) is 30.7 Å². The predicted octanol–water partition coefficient (Wildman–Crippen LogP) is 3.99. The first kappa shape index (κ1) is 21.0. The number of carbonyl (C=O) groups excluding carboxylic acids is 1. The molecule has 1 N–H and O–H groups in total. The van der Waals surface area contributed by atoms with Gasteiger partial charge in [-0.25, -0.2) is 0 Å². The number of pyridine rings is 1. The van der Waals surface area contributed by atoms with Gasteiger partial charge in [-0.2, -0.15) is 0 Å². The lowest BCUT2D eigenvalue weighted by molar-refractivity contribution is 0.0991. The van der Waals surface area contributed by atoms with Crippen molar-refractivity contribution in [2.75, 3.05) is 26.2 Å². The number of rotatable bonds is 5. The molecule has 0 saturated carbocycles. The van der Waals surface area contributed by atoms with Crippen molar-refractivity contribution in [2.24, 2.45) is 0 Å². The molecule has 0 aliphatic rings. The fourth-order valence-electron chi connectivity index (χ4n) is 3.58. The number of methoxy groups -OCH3 is 2. The van der Waals surface area contributed by atoms with Crippen LogP contribution in [0.4, 0.5) is 5.69 Å². The lowest BCUT2D eigenvalue weighted by Crippen LogP contribution is -2.31. The van der Waals surface area contributed by atoms with Gasteiger partial charge in [0.15, 0.2) is 11.5 Å². The Hall–Kier alpha value is -4.26. The summed E-state index contributed by atoms with van der Waals surface area (Å²) in [6, 6.07) is 18.8. The summed E-state index contributed by atoms with van der Waals surface area (Å²) in [7, 11) is 4.63. The van der Waals surface area contributed by atoms with Crippen molar-refractivity contribution in [3.63, 3.8) is 0 Å². The minimum absolute atomic E-state index is 0.00384. The van der Waals surface area contributed by atoms with Gasteiger partial charge < -0.3 is 24.0 Å². The number of carbonyl (C=O) groups is 1. The van der Waals surface area contributed by atoms with Crippen LogP contribution in [0.2, 0.25) is 0 Å². The monoisotopic (exact) mass is 430 g/mol. The summed E-state index contributed by atoms with van der Waals surface area (Å²) >= 11 is 0. The van der Waals surface area contributed by atoms with E-state index < -0.39 is 11.3 Å². The number of amides is 1. The zero-order valence-electron chi connectivity index (χ0n) is 17.9. The largest absolute Gasteiger partial charge is 0.508 e. The number of ether oxygens (including phenoxy) is 2. The molecule has 162 valence electrons. The molecule has 1 aromatic heterocycles. The molecule has 0 aliphatic heterocycles. The number of hydrogen-bond donors (Lipinski definition) is 1. The van der Waals surface area contributed by atoms with Gasteiger partial charge in [0.1, 0.15) is 11.3 Å². The number of anilines is 1. The van der Waals surface area contributed by atoms with E-state index in [9.17, 15) is 14.7 Å². The normalized spacial score (nSPS) is 10.7. The second-order valence-corrected chi connectivity index (χ2v) is 7.18. The Labute approximate surface area is 184 Å². The predicted molar refractivity (Wildman–Crippen MR) is 123 cm³/mol. The van der Waals surface area contributed by atoms with Crippen molar-refractivity contribution in [3.8, 4) is 22.9 Å². The van der Waals surface area contributed by atoms with Crippen LogP contribution in [0.3, 0.4) is 0 Å². The lowest BCUT2D eigenvalue weighted by Gasteiger charge is -2.20. The second kappa shape index (κ2) is 8.47. The van der Waals surface area contributed by atoms with Gasteiger partial charge in [-0.1, -0.05) is 18.2 Å². The molecule has 0 bridgehead atoms. The topological polar surface area (TPSA) is 81.0 Å². The standard InChI is InChI=1S/C25H22N2O5/c1-26(16-7-5-4-6-8-16)25(30)20-15-27(17-9-11-18(28)12-10-17)21-14-23(32-3)22(31-2)13-19(21)24(20)29/h4-15,28H,1-3H3. The average Bonchev–Trinajstić information content (AvgIpc) is 2.84. The Balaban J connectivity index is 2.00. The van der Waals surface area contributed by atoms with Crippen molar-refractivity contribution >= 4 is 22.5 Å². The fourth-order valence-corrected chi connectivity index (χ4v) is 3.58. The number of phenolic OH excluding ortho intramolecular Hbond substituents is 1. The van der Waals surface area contributed by atoms with Crippen LogP contribution < -0.4 is 19.8 Å². The van der Waals surface area contributed by atoms with E-state index >= 15 is 0 Å². The highest BCUT2D eigenvalue weighted by molar-refractivity contribution is 6.07. The smallest absolute Gasteiger partial charge is 0.263 e. The summed E-state index contributed by atoms with van der Waals surface area (Å²) in [5.41, 5.74) is 1.46. The fraction of sp³-hybridized carbons (Fsp3) is 0.120. The molecule has 0 saturated heterocycles. The van der Waals surface area contributed by atoms with Crippen LogP contribution in [-0.2, 0) is 0 Å². The van der Waals surface area contributed by atoms with Crippen molar-refractivity contribution in [2.45, 2.75) is 0 Å². The number of aromatic hydroxyl groups is 1. The first-order chi connectivity index (χ1) is 15.4. The highest BCUT2D eigenvalue weighted by Crippen LogP contribution is 2.32. The van der Waals surface area contributed by atoms with Gasteiger partial charge in [-0.3, -0.25) is 9.59 Å². The van der Waals surface area contributed by atoms with Gasteiger partial charge in [-0.15, -0.1) is 0 Å². The minimum atomic E-state index is -0.439. The number of fused-ring (bicyclic) bond motifs is 1. The van der Waals surface area contributed by atoms with Crippen LogP contribution in [0, 0.1) is 0 Å². The summed E-state index contributed by atoms with van der Waals surface area (Å²) in [4.78, 5) is 28.2. The molecular weight excluding hydrogens is 408 g/mol. The number of aromatic nitrogens is 1. The van der Waals surface area contributed by atoms with Crippen molar-refractivity contribution < 1.29 is 19.4 Å². The van der Waals surface area contributed by atoms with Crippen molar-refractivity contribution in [1.82, 2.24) is 4.57 Å². The zero-order chi connectivity index (χ0) is 22.8. The van der Waals surface area contributed by atoms with E-state index in [0.717, 1.165) is 0 Å². The highest BCUT2D eigenvalue weighted by atomic mass is 16.5. The number of para-hydroxylation sites is 1. The minimum Gasteiger partial charge on any atom is -0.508 e. The maximum absolute atomic E-state index is 13.4. The molecule has 0 fully saturated rings. The molecule has 7 nitrogen and oxygen atoms in total. The molecule has 4 rings (SSSR count). The van der Waals surface area contributed by atoms with Crippen LogP contribution in [-0.4, -0.2) is 36.8 Å². The molecule has 0 aliphatic carbocycles. The molecule has 0 spiro atoms. The van der Waals surface area contributed by atoms with Crippen LogP contribution in [0.1, 0.15) is 10.4 Å². The Morgan fingerprint density at radius 3 is 2.19 bits per heavy atom. The average molecular weight is 430 g/mol. The second-order valence-electron chi connectivity index (χ2n) is 7.18. The van der Waals surface area contributed by atoms with E-state index in [0.29, 0.717) is 33.8 Å². The Kier molecular flexibility index (Phi) is 5.55. The van der Waals surface area contributed by atoms with Gasteiger partial charge in [0.05, 0.1) is 25.1 Å². The third-order valence-electron chi connectivity index (χ3n) is 5.32. The van der Waals surface area contributed by atoms with Crippen LogP contribution >= 0.6 is 0 Å². The number of nitrogens with zero attached hydrogens (tertiary/aromatic N) is 2. The van der Waals surface area contributed by atoms with Gasteiger partial charge >= 0.3 is 0 Å². The van der Waals surface area contributed by atoms with Gasteiger partial charge in [0.25, 0.3) is 5.91 Å². The quantitative estimate of drug-likeness (QED) is 0.518. The molecule has 32 heavy (non-hydrogen) atoms. The van der Waals surface area contributed by atoms with E-state index in [2.05, 4.69) is 0 Å². The summed E-state index contributed by atoms with van der Waals surface area (Å²) in [6.07, 6.45) is 1.52. The molecule has 7 heteroatoms. The lowest BCUT2D eigenvalue weighted by atomic mass is 10.1. The molecule has 0 radical (unpaired) electrons. The summed E-state index contributed by atoms with van der Waals surface area (Å²) in [6.45, 7) is 0. The molecule has 0 atom stereocenters. The number of benzene rings is 3. The molecular formula is C25H22N2O5. The van der Waals surface area contributed by atoms with Gasteiger partial charge in [0.2, 0.25) is 5.43 Å². The van der Waals surface area contributed by atoms with E-state index in [1.807, 2.05) is 18.2 Å². The summed E-state index contributed by atoms with van der Waals surface area (Å²) in [5.74, 6) is 0.506. The van der Waals surface area contributed by atoms with Gasteiger partial charge in [-0.05, 0) is 42.5 Å². The molecule has 1 amide bonds. The Morgan fingerprint density at radius 1 is 0.938 bits per heavy atom. The Bertz CT molecular complexity index is 1350. The Morgan fingerprint density at radius 2 is 1.56 bits per heavy atom. The molecule has 4 aromatic rings. The van der Waals surface area contributed by atoms with Crippen LogP contribution in [0.25, 0.3) is 16.6 Å². The zero-order valence-corrected chi connectivity index (χ0v) is 17.9. The first-order valence-electron chi connectivity index (χ1n) is 9.88. The van der Waals surface area contributed by atoms with Crippen molar-refractivity contribution in [3.05, 3.63) is 88.7 Å². The molecule has 3 aromatic carbocycles. The third-order valence-corrected chi connectivity index (χ3v) is 5.32. The van der Waals surface area contributed by atoms with E-state index in [4.69, 9.17) is 9.47 Å². The molecule has 0 unspecified atom stereocenters. The first-order valence-corrected chi connectivity index (χ1v) is 9.88. The number of phenols is 1. The van der Waals surface area contributed by atoms with Crippen molar-refractivity contribution in [1.29, 1.82) is 0 Å². The maximum atomic E-state index is 13.4. The third kappa shape index (κ3) is 3.65. The summed E-state index contributed by atoms with van der Waals surface area (Å²) in [5, 5.41) is 10.0. The molecule has 1 heterocycles. The summed E-state index contributed by atoms with van der Waals surface area (Å²) < 4.78 is 12.5. The maximum Gasteiger partial charge on any atom is 0.263 e. The van der Waals surface area contributed by atoms with E-state index in [-0.39, 0.29) is 11.3 Å². The van der Waals surface area contributed by atoms with E-state index in [1.54, 1.807) is 48.0 Å². The highest BCUT2D eigenvalue weighted by Gasteiger charge is 2.22. The SMILES string of the molecule is COc1cc2c(=O)c(C(=O)N(C)c3ccccc3)cn(-c3ccc(O)cc3)c2cc1OC. The number of hydrogen-bond acceptors (Lipinski definition) is 5. The van der Waals surface area contributed by atoms with Crippen LogP contribution in [0.15, 0.2) is 77.7 Å². The van der Waals surface area contributed by atoms with E-state index in [1.165, 1.54) is 37.4 Å². The van der Waals surface area contributed by atoms with Crippen LogP contribution in [0.5, 0.6) is 17.2 Å².